The van der Waals surface area contributed by atoms with E-state index in [4.69, 9.17) is 4.52 Å². The van der Waals surface area contributed by atoms with Crippen molar-refractivity contribution in [2.75, 3.05) is 0 Å². The summed E-state index contributed by atoms with van der Waals surface area (Å²) in [5.74, 6) is 2.10. The minimum absolute atomic E-state index is 0.259. The fourth-order valence-electron chi connectivity index (χ4n) is 2.94. The Morgan fingerprint density at radius 1 is 1.15 bits per heavy atom. The van der Waals surface area contributed by atoms with Crippen molar-refractivity contribution in [3.8, 4) is 17.2 Å². The van der Waals surface area contributed by atoms with Crippen LogP contribution in [0.25, 0.3) is 11.5 Å². The molecule has 1 fully saturated rings. The van der Waals surface area contributed by atoms with Crippen LogP contribution in [0.15, 0.2) is 22.7 Å². The number of phenols is 1. The highest BCUT2D eigenvalue weighted by Gasteiger charge is 2.21. The molecule has 20 heavy (non-hydrogen) atoms. The Morgan fingerprint density at radius 2 is 1.90 bits per heavy atom. The van der Waals surface area contributed by atoms with Crippen molar-refractivity contribution in [3.63, 3.8) is 0 Å². The zero-order valence-electron chi connectivity index (χ0n) is 11.8. The maximum atomic E-state index is 9.46. The lowest BCUT2D eigenvalue weighted by Crippen LogP contribution is -1.99. The Balaban J connectivity index is 1.85. The Morgan fingerprint density at radius 3 is 2.60 bits per heavy atom. The molecule has 0 aliphatic heterocycles. The molecule has 0 spiro atoms. The molecular formula is C16H20N2O2. The van der Waals surface area contributed by atoms with Crippen molar-refractivity contribution in [1.29, 1.82) is 0 Å². The van der Waals surface area contributed by atoms with Crippen LogP contribution in [0.2, 0.25) is 0 Å². The number of aromatic nitrogens is 2. The topological polar surface area (TPSA) is 59.2 Å². The van der Waals surface area contributed by atoms with Crippen LogP contribution in [-0.2, 0) is 0 Å². The highest BCUT2D eigenvalue weighted by molar-refractivity contribution is 5.59. The van der Waals surface area contributed by atoms with E-state index in [-0.39, 0.29) is 5.75 Å². The van der Waals surface area contributed by atoms with Gasteiger partial charge in [-0.05, 0) is 43.5 Å². The molecule has 0 radical (unpaired) electrons. The van der Waals surface area contributed by atoms with Gasteiger partial charge in [0.05, 0.1) is 0 Å². The summed E-state index contributed by atoms with van der Waals surface area (Å²) in [6.07, 6.45) is 7.47. The standard InChI is InChI=1S/C16H20N2O2/c1-11-10-13(19)8-9-14(11)16-17-15(18-20-16)12-6-4-2-3-5-7-12/h8-10,12,19H,2-7H2,1H3. The molecule has 2 aromatic rings. The second-order valence-corrected chi connectivity index (χ2v) is 5.65. The van der Waals surface area contributed by atoms with Gasteiger partial charge >= 0.3 is 0 Å². The molecule has 4 heteroatoms. The van der Waals surface area contributed by atoms with Crippen molar-refractivity contribution >= 4 is 0 Å². The maximum Gasteiger partial charge on any atom is 0.258 e. The first-order valence-electron chi connectivity index (χ1n) is 7.37. The normalized spacial score (nSPS) is 17.1. The molecule has 1 saturated carbocycles. The van der Waals surface area contributed by atoms with Crippen LogP contribution in [0.5, 0.6) is 5.75 Å². The van der Waals surface area contributed by atoms with E-state index in [0.717, 1.165) is 29.8 Å². The van der Waals surface area contributed by atoms with Gasteiger partial charge in [-0.3, -0.25) is 0 Å². The lowest BCUT2D eigenvalue weighted by molar-refractivity contribution is 0.409. The van der Waals surface area contributed by atoms with E-state index in [2.05, 4.69) is 10.1 Å². The summed E-state index contributed by atoms with van der Waals surface area (Å²) >= 11 is 0. The average molecular weight is 272 g/mol. The lowest BCUT2D eigenvalue weighted by Gasteiger charge is -2.07. The summed E-state index contributed by atoms with van der Waals surface area (Å²) in [5, 5.41) is 13.6. The minimum atomic E-state index is 0.259. The third-order valence-electron chi connectivity index (χ3n) is 4.10. The van der Waals surface area contributed by atoms with Crippen LogP contribution in [0.4, 0.5) is 0 Å². The molecule has 0 bridgehead atoms. The van der Waals surface area contributed by atoms with Crippen molar-refractivity contribution in [2.45, 2.75) is 51.4 Å². The van der Waals surface area contributed by atoms with Gasteiger partial charge in [0.25, 0.3) is 5.89 Å². The van der Waals surface area contributed by atoms with Crippen molar-refractivity contribution in [3.05, 3.63) is 29.6 Å². The second kappa shape index (κ2) is 5.65. The molecule has 1 heterocycles. The Bertz CT molecular complexity index is 584. The fourth-order valence-corrected chi connectivity index (χ4v) is 2.94. The minimum Gasteiger partial charge on any atom is -0.508 e. The van der Waals surface area contributed by atoms with Gasteiger partial charge in [-0.2, -0.15) is 4.98 Å². The summed E-state index contributed by atoms with van der Waals surface area (Å²) in [6, 6.07) is 5.19. The zero-order chi connectivity index (χ0) is 13.9. The van der Waals surface area contributed by atoms with E-state index in [0.29, 0.717) is 11.8 Å². The molecule has 0 amide bonds. The van der Waals surface area contributed by atoms with Crippen molar-refractivity contribution in [2.24, 2.45) is 0 Å². The predicted octanol–water partition coefficient (Wildman–Crippen LogP) is 4.19. The van der Waals surface area contributed by atoms with Gasteiger partial charge in [0.1, 0.15) is 5.75 Å². The number of hydrogen-bond donors (Lipinski definition) is 1. The summed E-state index contributed by atoms with van der Waals surface area (Å²) in [5.41, 5.74) is 1.84. The van der Waals surface area contributed by atoms with Gasteiger partial charge in [-0.1, -0.05) is 30.8 Å². The van der Waals surface area contributed by atoms with Gasteiger partial charge in [0.15, 0.2) is 5.82 Å². The quantitative estimate of drug-likeness (QED) is 0.833. The molecular weight excluding hydrogens is 252 g/mol. The van der Waals surface area contributed by atoms with Crippen molar-refractivity contribution in [1.82, 2.24) is 10.1 Å². The monoisotopic (exact) mass is 272 g/mol. The predicted molar refractivity (Wildman–Crippen MR) is 76.6 cm³/mol. The molecule has 0 atom stereocenters. The Kier molecular flexibility index (Phi) is 3.72. The van der Waals surface area contributed by atoms with Gasteiger partial charge < -0.3 is 9.63 Å². The smallest absolute Gasteiger partial charge is 0.258 e. The van der Waals surface area contributed by atoms with Gasteiger partial charge in [-0.15, -0.1) is 0 Å². The van der Waals surface area contributed by atoms with E-state index in [9.17, 15) is 5.11 Å². The Labute approximate surface area is 118 Å². The number of phenolic OH excluding ortho intramolecular Hbond substituents is 1. The van der Waals surface area contributed by atoms with Crippen LogP contribution >= 0.6 is 0 Å². The molecule has 1 aromatic carbocycles. The van der Waals surface area contributed by atoms with Crippen LogP contribution in [0.3, 0.4) is 0 Å². The van der Waals surface area contributed by atoms with Gasteiger partial charge in [0.2, 0.25) is 0 Å². The molecule has 1 N–H and O–H groups in total. The Hall–Kier alpha value is -1.84. The van der Waals surface area contributed by atoms with Crippen LogP contribution < -0.4 is 0 Å². The average Bonchev–Trinajstić information content (AvgIpc) is 2.74. The molecule has 1 aliphatic carbocycles. The largest absolute Gasteiger partial charge is 0.508 e. The highest BCUT2D eigenvalue weighted by Crippen LogP contribution is 2.32. The van der Waals surface area contributed by atoms with Crippen molar-refractivity contribution < 1.29 is 9.63 Å². The molecule has 1 aromatic heterocycles. The summed E-state index contributed by atoms with van der Waals surface area (Å²) in [4.78, 5) is 4.58. The van der Waals surface area contributed by atoms with Crippen LogP contribution in [-0.4, -0.2) is 15.2 Å². The SMILES string of the molecule is Cc1cc(O)ccc1-c1nc(C2CCCCCC2)no1. The lowest BCUT2D eigenvalue weighted by atomic mass is 10.00. The van der Waals surface area contributed by atoms with Crippen LogP contribution in [0, 0.1) is 6.92 Å². The van der Waals surface area contributed by atoms with E-state index in [1.54, 1.807) is 12.1 Å². The molecule has 0 unspecified atom stereocenters. The van der Waals surface area contributed by atoms with Gasteiger partial charge in [-0.25, -0.2) is 0 Å². The first-order valence-corrected chi connectivity index (χ1v) is 7.37. The third kappa shape index (κ3) is 2.69. The molecule has 1 aliphatic rings. The summed E-state index contributed by atoms with van der Waals surface area (Å²) < 4.78 is 5.42. The second-order valence-electron chi connectivity index (χ2n) is 5.65. The van der Waals surface area contributed by atoms with E-state index < -0.39 is 0 Å². The zero-order valence-corrected chi connectivity index (χ0v) is 11.8. The number of aromatic hydroxyl groups is 1. The van der Waals surface area contributed by atoms with E-state index in [1.165, 1.54) is 25.7 Å². The fraction of sp³-hybridized carbons (Fsp3) is 0.500. The van der Waals surface area contributed by atoms with E-state index in [1.807, 2.05) is 13.0 Å². The van der Waals surface area contributed by atoms with E-state index >= 15 is 0 Å². The van der Waals surface area contributed by atoms with Crippen LogP contribution in [0.1, 0.15) is 55.8 Å². The number of rotatable bonds is 2. The first-order chi connectivity index (χ1) is 9.74. The molecule has 0 saturated heterocycles. The number of benzene rings is 1. The maximum absolute atomic E-state index is 9.46. The van der Waals surface area contributed by atoms with Gasteiger partial charge in [0, 0.05) is 11.5 Å². The summed E-state index contributed by atoms with van der Waals surface area (Å²) in [6.45, 7) is 1.94. The highest BCUT2D eigenvalue weighted by atomic mass is 16.5. The number of nitrogens with zero attached hydrogens (tertiary/aromatic N) is 2. The third-order valence-corrected chi connectivity index (χ3v) is 4.10. The molecule has 106 valence electrons. The molecule has 3 rings (SSSR count). The molecule has 4 nitrogen and oxygen atoms in total. The first kappa shape index (κ1) is 13.2. The number of aryl methyl sites for hydroxylation is 1. The summed E-state index contributed by atoms with van der Waals surface area (Å²) in [7, 11) is 0. The number of hydrogen-bond acceptors (Lipinski definition) is 4.